The fraction of sp³-hybridized carbons (Fsp3) is 0. The van der Waals surface area contributed by atoms with Crippen LogP contribution in [0.2, 0.25) is 0 Å². The van der Waals surface area contributed by atoms with E-state index in [1.807, 2.05) is 36.7 Å². The van der Waals surface area contributed by atoms with Crippen molar-refractivity contribution in [3.8, 4) is 34.2 Å². The number of para-hydroxylation sites is 3. The first-order chi connectivity index (χ1) is 25.3. The summed E-state index contributed by atoms with van der Waals surface area (Å²) in [6.45, 7) is 0. The molecule has 6 heteroatoms. The maximum Gasteiger partial charge on any atom is 0.170 e. The lowest BCUT2D eigenvalue weighted by Crippen LogP contribution is -2.08. The minimum atomic E-state index is -1.95. The van der Waals surface area contributed by atoms with Crippen LogP contribution in [0.4, 0.5) is 0 Å². The average Bonchev–Trinajstić information content (AvgIpc) is 3.86. The highest BCUT2D eigenvalue weighted by atomic mass is 32.3. The summed E-state index contributed by atoms with van der Waals surface area (Å²) >= 11 is 0. The van der Waals surface area contributed by atoms with E-state index in [2.05, 4.69) is 173 Å². The van der Waals surface area contributed by atoms with Crippen molar-refractivity contribution in [2.24, 2.45) is 0 Å². The van der Waals surface area contributed by atoms with Gasteiger partial charge in [-0.1, -0.05) is 115 Å². The molecule has 0 aliphatic rings. The number of benzene rings is 7. The van der Waals surface area contributed by atoms with E-state index < -0.39 is 10.0 Å². The van der Waals surface area contributed by atoms with Crippen LogP contribution in [0.5, 0.6) is 0 Å². The summed E-state index contributed by atoms with van der Waals surface area (Å²) in [5.41, 5.74) is 5.85. The van der Waals surface area contributed by atoms with E-state index in [1.54, 1.807) is 0 Å². The van der Waals surface area contributed by atoms with Crippen LogP contribution >= 0.6 is 10.0 Å². The first-order valence-corrected chi connectivity index (χ1v) is 18.6. The van der Waals surface area contributed by atoms with E-state index in [0.717, 1.165) is 45.2 Å². The minimum Gasteiger partial charge on any atom is -0.298 e. The first kappa shape index (κ1) is 30.6. The number of hydrogen-bond acceptors (Lipinski definition) is 3. The molecule has 0 unspecified atom stereocenters. The van der Waals surface area contributed by atoms with Crippen molar-refractivity contribution < 1.29 is 0 Å². The van der Waals surface area contributed by atoms with Gasteiger partial charge in [-0.2, -0.15) is 0 Å². The van der Waals surface area contributed by atoms with Gasteiger partial charge in [-0.25, -0.2) is 4.98 Å². The van der Waals surface area contributed by atoms with Gasteiger partial charge in [-0.3, -0.25) is 9.13 Å². The first-order valence-electron chi connectivity index (χ1n) is 16.9. The summed E-state index contributed by atoms with van der Waals surface area (Å²) in [4.78, 5) is 9.84. The molecule has 0 amide bonds. The van der Waals surface area contributed by atoms with Gasteiger partial charge >= 0.3 is 0 Å². The molecule has 2 aromatic heterocycles. The van der Waals surface area contributed by atoms with Gasteiger partial charge in [0.2, 0.25) is 0 Å². The van der Waals surface area contributed by atoms with Crippen LogP contribution in [0.1, 0.15) is 0 Å². The Hall–Kier alpha value is -6.50. The number of nitrogens with zero attached hydrogens (tertiary/aromatic N) is 5. The fourth-order valence-corrected chi connectivity index (χ4v) is 10.9. The van der Waals surface area contributed by atoms with Gasteiger partial charge in [-0.15, -0.1) is 20.2 Å². The third kappa shape index (κ3) is 5.25. The van der Waals surface area contributed by atoms with E-state index >= 15 is 0 Å². The summed E-state index contributed by atoms with van der Waals surface area (Å²) in [6.07, 6.45) is 1.93. The second-order valence-corrected chi connectivity index (χ2v) is 15.3. The van der Waals surface area contributed by atoms with Crippen LogP contribution < -0.4 is 0 Å². The molecular weight excluding hydrogens is 643 g/mol. The molecule has 51 heavy (non-hydrogen) atoms. The van der Waals surface area contributed by atoms with Crippen LogP contribution in [0.15, 0.2) is 220 Å². The average molecular weight is 676 g/mol. The number of fused-ring (bicyclic) bond motifs is 1. The molecule has 0 atom stereocenters. The lowest BCUT2D eigenvalue weighted by Gasteiger charge is -2.42. The molecule has 0 aliphatic carbocycles. The number of aromatic nitrogens is 5. The molecule has 9 aromatic rings. The zero-order valence-electron chi connectivity index (χ0n) is 27.7. The SMILES string of the molecule is c1ccc(-c2nnc(-c3ccc(S(c4ccccc4)(c4ccccc4)c4ccccc4)cc3-n3cnc4ccccc43)n2-c2ccccc2)cc1. The molecule has 9 rings (SSSR count). The van der Waals surface area contributed by atoms with Crippen LogP contribution in [-0.4, -0.2) is 24.3 Å². The van der Waals surface area contributed by atoms with Crippen molar-refractivity contribution in [2.45, 2.75) is 19.6 Å². The zero-order valence-corrected chi connectivity index (χ0v) is 28.5. The predicted octanol–water partition coefficient (Wildman–Crippen LogP) is 11.3. The largest absolute Gasteiger partial charge is 0.298 e. The van der Waals surface area contributed by atoms with Crippen molar-refractivity contribution in [1.29, 1.82) is 0 Å². The summed E-state index contributed by atoms with van der Waals surface area (Å²) in [7, 11) is -1.95. The third-order valence-corrected chi connectivity index (χ3v) is 13.2. The second kappa shape index (κ2) is 13.1. The molecule has 0 N–H and O–H groups in total. The molecule has 0 bridgehead atoms. The van der Waals surface area contributed by atoms with Crippen LogP contribution in [0.3, 0.4) is 0 Å². The minimum absolute atomic E-state index is 0.749. The molecule has 244 valence electrons. The Bertz CT molecular complexity index is 2470. The van der Waals surface area contributed by atoms with Gasteiger partial charge in [0.05, 0.1) is 16.7 Å². The Labute approximate surface area is 298 Å². The van der Waals surface area contributed by atoms with Gasteiger partial charge in [0.25, 0.3) is 0 Å². The van der Waals surface area contributed by atoms with Crippen molar-refractivity contribution in [3.63, 3.8) is 0 Å². The molecule has 2 heterocycles. The van der Waals surface area contributed by atoms with Gasteiger partial charge in [0, 0.05) is 36.4 Å². The predicted molar refractivity (Wildman–Crippen MR) is 207 cm³/mol. The standard InChI is InChI=1S/C45H33N5S/c1-6-18-34(19-7-1)44-47-48-45(50(44)35-20-8-2-9-21-35)40-31-30-39(32-43(40)49-33-46-41-28-16-17-29-42(41)49)51(36-22-10-3-11-23-36,37-24-12-4-13-25-37)38-26-14-5-15-27-38/h1-33H. The zero-order chi connectivity index (χ0) is 34.0. The highest BCUT2D eigenvalue weighted by molar-refractivity contribution is 8.34. The van der Waals surface area contributed by atoms with Crippen molar-refractivity contribution >= 4 is 21.1 Å². The molecule has 5 nitrogen and oxygen atoms in total. The molecule has 0 fully saturated rings. The number of imidazole rings is 1. The third-order valence-electron chi connectivity index (χ3n) is 9.28. The smallest absolute Gasteiger partial charge is 0.170 e. The molecule has 0 saturated heterocycles. The van der Waals surface area contributed by atoms with E-state index in [4.69, 9.17) is 15.2 Å². The lowest BCUT2D eigenvalue weighted by atomic mass is 10.1. The monoisotopic (exact) mass is 675 g/mol. The number of hydrogen-bond donors (Lipinski definition) is 0. The topological polar surface area (TPSA) is 48.5 Å². The number of rotatable bonds is 8. The van der Waals surface area contributed by atoms with E-state index in [9.17, 15) is 0 Å². The van der Waals surface area contributed by atoms with Crippen molar-refractivity contribution in [1.82, 2.24) is 24.3 Å². The normalized spacial score (nSPS) is 11.8. The van der Waals surface area contributed by atoms with Gasteiger partial charge in [0.15, 0.2) is 11.6 Å². The van der Waals surface area contributed by atoms with E-state index in [0.29, 0.717) is 0 Å². The summed E-state index contributed by atoms with van der Waals surface area (Å²) in [6, 6.07) is 68.6. The maximum atomic E-state index is 4.94. The quantitative estimate of drug-likeness (QED) is 0.161. The van der Waals surface area contributed by atoms with Crippen molar-refractivity contribution in [2.75, 3.05) is 0 Å². The fourth-order valence-electron chi connectivity index (χ4n) is 6.99. The highest BCUT2D eigenvalue weighted by Gasteiger charge is 2.34. The Morgan fingerprint density at radius 3 is 1.55 bits per heavy atom. The van der Waals surface area contributed by atoms with Crippen molar-refractivity contribution in [3.05, 3.63) is 200 Å². The van der Waals surface area contributed by atoms with Crippen LogP contribution in [0.25, 0.3) is 45.2 Å². The Balaban J connectivity index is 1.38. The van der Waals surface area contributed by atoms with E-state index in [-0.39, 0.29) is 0 Å². The Kier molecular flexibility index (Phi) is 7.84. The van der Waals surface area contributed by atoms with Gasteiger partial charge in [-0.05, 0) is 78.9 Å². The molecular formula is C45H33N5S. The van der Waals surface area contributed by atoms with Crippen LogP contribution in [-0.2, 0) is 0 Å². The molecule has 0 radical (unpaired) electrons. The maximum absolute atomic E-state index is 4.94. The highest BCUT2D eigenvalue weighted by Crippen LogP contribution is 2.73. The Morgan fingerprint density at radius 2 is 0.941 bits per heavy atom. The molecule has 0 aliphatic heterocycles. The molecule has 0 spiro atoms. The van der Waals surface area contributed by atoms with Gasteiger partial charge < -0.3 is 0 Å². The van der Waals surface area contributed by atoms with E-state index in [1.165, 1.54) is 19.6 Å². The second-order valence-electron chi connectivity index (χ2n) is 12.2. The summed E-state index contributed by atoms with van der Waals surface area (Å²) in [5.74, 6) is 1.53. The molecule has 0 saturated carbocycles. The van der Waals surface area contributed by atoms with Gasteiger partial charge in [0.1, 0.15) is 6.33 Å². The summed E-state index contributed by atoms with van der Waals surface area (Å²) < 4.78 is 4.37. The molecule has 7 aromatic carbocycles. The summed E-state index contributed by atoms with van der Waals surface area (Å²) in [5, 5.41) is 9.77. The Morgan fingerprint density at radius 1 is 0.431 bits per heavy atom. The lowest BCUT2D eigenvalue weighted by molar-refractivity contribution is 1.04. The van der Waals surface area contributed by atoms with Crippen LogP contribution in [0, 0.1) is 0 Å².